The van der Waals surface area contributed by atoms with Gasteiger partial charge in [-0.25, -0.2) is 4.98 Å². The monoisotopic (exact) mass is 341 g/mol. The molecular weight excluding hydrogens is 326 g/mol. The molecule has 2 aromatic heterocycles. The van der Waals surface area contributed by atoms with Crippen LogP contribution in [0.3, 0.4) is 0 Å². The van der Waals surface area contributed by atoms with Gasteiger partial charge in [-0.15, -0.1) is 11.3 Å². The van der Waals surface area contributed by atoms with Crippen molar-refractivity contribution in [2.45, 2.75) is 0 Å². The molecule has 0 saturated carbocycles. The second kappa shape index (κ2) is 7.10. The van der Waals surface area contributed by atoms with Gasteiger partial charge in [0.1, 0.15) is 17.2 Å². The lowest BCUT2D eigenvalue weighted by Gasteiger charge is -2.09. The molecule has 1 aromatic carbocycles. The molecule has 0 aliphatic rings. The minimum absolute atomic E-state index is 0.295. The van der Waals surface area contributed by atoms with Crippen LogP contribution < -0.4 is 14.8 Å². The van der Waals surface area contributed by atoms with E-state index in [0.717, 1.165) is 11.4 Å². The van der Waals surface area contributed by atoms with Crippen LogP contribution in [0.2, 0.25) is 0 Å². The summed E-state index contributed by atoms with van der Waals surface area (Å²) in [4.78, 5) is 21.1. The number of nitrogens with one attached hydrogen (secondary N) is 1. The Kier molecular flexibility index (Phi) is 4.72. The highest BCUT2D eigenvalue weighted by molar-refractivity contribution is 7.14. The standard InChI is InChI=1S/C17H15N3O3S/c1-22-11-6-7-12(15(9-11)23-2)16(21)20-17-19-14(10-24-17)13-5-3-4-8-18-13/h3-10H,1-2H3,(H,19,20,21). The number of aromatic nitrogens is 2. The third kappa shape index (κ3) is 3.36. The lowest BCUT2D eigenvalue weighted by atomic mass is 10.2. The van der Waals surface area contributed by atoms with Crippen LogP contribution in [0.4, 0.5) is 5.13 Å². The van der Waals surface area contributed by atoms with Gasteiger partial charge in [-0.2, -0.15) is 0 Å². The summed E-state index contributed by atoms with van der Waals surface area (Å²) in [6, 6.07) is 10.6. The molecule has 1 N–H and O–H groups in total. The van der Waals surface area contributed by atoms with Gasteiger partial charge in [-0.05, 0) is 24.3 Å². The van der Waals surface area contributed by atoms with Crippen molar-refractivity contribution in [2.24, 2.45) is 0 Å². The maximum Gasteiger partial charge on any atom is 0.261 e. The predicted octanol–water partition coefficient (Wildman–Crippen LogP) is 3.47. The average Bonchev–Trinajstić information content (AvgIpc) is 3.10. The molecule has 0 atom stereocenters. The summed E-state index contributed by atoms with van der Waals surface area (Å²) < 4.78 is 10.4. The molecule has 0 unspecified atom stereocenters. The number of anilines is 1. The second-order valence-corrected chi connectivity index (χ2v) is 5.63. The van der Waals surface area contributed by atoms with Gasteiger partial charge in [-0.1, -0.05) is 6.07 Å². The summed E-state index contributed by atoms with van der Waals surface area (Å²) >= 11 is 1.34. The Morgan fingerprint density at radius 1 is 1.12 bits per heavy atom. The summed E-state index contributed by atoms with van der Waals surface area (Å²) in [6.07, 6.45) is 1.70. The lowest BCUT2D eigenvalue weighted by molar-refractivity contribution is 0.102. The van der Waals surface area contributed by atoms with E-state index in [2.05, 4.69) is 15.3 Å². The van der Waals surface area contributed by atoms with Crippen LogP contribution >= 0.6 is 11.3 Å². The largest absolute Gasteiger partial charge is 0.497 e. The van der Waals surface area contributed by atoms with Gasteiger partial charge in [0.05, 0.1) is 25.5 Å². The SMILES string of the molecule is COc1ccc(C(=O)Nc2nc(-c3ccccn3)cs2)c(OC)c1. The lowest BCUT2D eigenvalue weighted by Crippen LogP contribution is -2.13. The number of nitrogens with zero attached hydrogens (tertiary/aromatic N) is 2. The van der Waals surface area contributed by atoms with Gasteiger partial charge >= 0.3 is 0 Å². The number of rotatable bonds is 5. The third-order valence-corrected chi connectivity index (χ3v) is 4.06. The van der Waals surface area contributed by atoms with Crippen molar-refractivity contribution in [1.29, 1.82) is 0 Å². The fraction of sp³-hybridized carbons (Fsp3) is 0.118. The van der Waals surface area contributed by atoms with E-state index in [4.69, 9.17) is 9.47 Å². The molecule has 0 spiro atoms. The molecule has 122 valence electrons. The second-order valence-electron chi connectivity index (χ2n) is 4.77. The van der Waals surface area contributed by atoms with E-state index in [1.165, 1.54) is 18.4 Å². The van der Waals surface area contributed by atoms with Crippen LogP contribution in [-0.4, -0.2) is 30.1 Å². The van der Waals surface area contributed by atoms with Crippen molar-refractivity contribution >= 4 is 22.4 Å². The Bertz CT molecular complexity index is 849. The number of ether oxygens (including phenoxy) is 2. The summed E-state index contributed by atoms with van der Waals surface area (Å²) in [5, 5.41) is 5.13. The predicted molar refractivity (Wildman–Crippen MR) is 92.8 cm³/mol. The minimum Gasteiger partial charge on any atom is -0.497 e. The minimum atomic E-state index is -0.295. The average molecular weight is 341 g/mol. The molecule has 7 heteroatoms. The Balaban J connectivity index is 1.79. The summed E-state index contributed by atoms with van der Waals surface area (Å²) in [5.74, 6) is 0.764. The van der Waals surface area contributed by atoms with Crippen LogP contribution in [0.5, 0.6) is 11.5 Å². The molecule has 0 fully saturated rings. The van der Waals surface area contributed by atoms with E-state index < -0.39 is 0 Å². The topological polar surface area (TPSA) is 73.3 Å². The van der Waals surface area contributed by atoms with Gasteiger partial charge in [0.25, 0.3) is 5.91 Å². The van der Waals surface area contributed by atoms with Gasteiger partial charge in [0, 0.05) is 17.6 Å². The number of methoxy groups -OCH3 is 2. The normalized spacial score (nSPS) is 10.2. The number of amides is 1. The molecule has 2 heterocycles. The maximum absolute atomic E-state index is 12.5. The Labute approximate surface area is 143 Å². The van der Waals surface area contributed by atoms with Gasteiger partial charge < -0.3 is 9.47 Å². The van der Waals surface area contributed by atoms with E-state index in [1.807, 2.05) is 23.6 Å². The van der Waals surface area contributed by atoms with Crippen LogP contribution in [-0.2, 0) is 0 Å². The number of carbonyl (C=O) groups excluding carboxylic acids is 1. The highest BCUT2D eigenvalue weighted by Gasteiger charge is 2.15. The van der Waals surface area contributed by atoms with Crippen LogP contribution in [0, 0.1) is 0 Å². The first-order valence-electron chi connectivity index (χ1n) is 7.11. The number of carbonyl (C=O) groups is 1. The highest BCUT2D eigenvalue weighted by atomic mass is 32.1. The summed E-state index contributed by atoms with van der Waals surface area (Å²) in [5.41, 5.74) is 1.89. The van der Waals surface area contributed by atoms with Crippen LogP contribution in [0.1, 0.15) is 10.4 Å². The molecule has 1 amide bonds. The molecule has 3 aromatic rings. The highest BCUT2D eigenvalue weighted by Crippen LogP contribution is 2.27. The number of thiazole rings is 1. The molecule has 0 aliphatic heterocycles. The maximum atomic E-state index is 12.5. The number of hydrogen-bond acceptors (Lipinski definition) is 6. The van der Waals surface area contributed by atoms with E-state index in [0.29, 0.717) is 22.2 Å². The fourth-order valence-corrected chi connectivity index (χ4v) is 2.81. The van der Waals surface area contributed by atoms with Crippen molar-refractivity contribution in [3.8, 4) is 22.9 Å². The van der Waals surface area contributed by atoms with Gasteiger partial charge in [0.15, 0.2) is 5.13 Å². The number of pyridine rings is 1. The van der Waals surface area contributed by atoms with E-state index in [9.17, 15) is 4.79 Å². The molecule has 24 heavy (non-hydrogen) atoms. The van der Waals surface area contributed by atoms with E-state index in [1.54, 1.807) is 31.5 Å². The van der Waals surface area contributed by atoms with Crippen molar-refractivity contribution in [2.75, 3.05) is 19.5 Å². The number of benzene rings is 1. The quantitative estimate of drug-likeness (QED) is 0.769. The van der Waals surface area contributed by atoms with Crippen LogP contribution in [0.15, 0.2) is 48.0 Å². The summed E-state index contributed by atoms with van der Waals surface area (Å²) in [7, 11) is 3.07. The van der Waals surface area contributed by atoms with Crippen molar-refractivity contribution in [3.63, 3.8) is 0 Å². The van der Waals surface area contributed by atoms with Gasteiger partial charge in [0.2, 0.25) is 0 Å². The molecule has 0 bridgehead atoms. The van der Waals surface area contributed by atoms with Crippen molar-refractivity contribution in [1.82, 2.24) is 9.97 Å². The molecule has 0 radical (unpaired) electrons. The zero-order chi connectivity index (χ0) is 16.9. The molecule has 0 saturated heterocycles. The fourth-order valence-electron chi connectivity index (χ4n) is 2.11. The Morgan fingerprint density at radius 2 is 2.00 bits per heavy atom. The molecule has 0 aliphatic carbocycles. The molecule has 3 rings (SSSR count). The Morgan fingerprint density at radius 3 is 2.71 bits per heavy atom. The zero-order valence-electron chi connectivity index (χ0n) is 13.1. The molecular formula is C17H15N3O3S. The third-order valence-electron chi connectivity index (χ3n) is 3.31. The first kappa shape index (κ1) is 15.9. The van der Waals surface area contributed by atoms with Crippen LogP contribution in [0.25, 0.3) is 11.4 Å². The van der Waals surface area contributed by atoms with Crippen molar-refractivity contribution in [3.05, 3.63) is 53.5 Å². The first-order chi connectivity index (χ1) is 11.7. The van der Waals surface area contributed by atoms with E-state index in [-0.39, 0.29) is 5.91 Å². The Hall–Kier alpha value is -2.93. The molecule has 6 nitrogen and oxygen atoms in total. The summed E-state index contributed by atoms with van der Waals surface area (Å²) in [6.45, 7) is 0. The van der Waals surface area contributed by atoms with E-state index >= 15 is 0 Å². The number of hydrogen-bond donors (Lipinski definition) is 1. The van der Waals surface area contributed by atoms with Gasteiger partial charge in [-0.3, -0.25) is 15.1 Å². The zero-order valence-corrected chi connectivity index (χ0v) is 14.0. The van der Waals surface area contributed by atoms with Crippen molar-refractivity contribution < 1.29 is 14.3 Å². The smallest absolute Gasteiger partial charge is 0.261 e. The first-order valence-corrected chi connectivity index (χ1v) is 7.99.